The van der Waals surface area contributed by atoms with E-state index < -0.39 is 29.3 Å². The molecule has 0 N–H and O–H groups in total. The van der Waals surface area contributed by atoms with E-state index in [2.05, 4.69) is 6.58 Å². The van der Waals surface area contributed by atoms with E-state index in [1.807, 2.05) is 18.2 Å². The third-order valence-electron chi connectivity index (χ3n) is 3.52. The van der Waals surface area contributed by atoms with Gasteiger partial charge >= 0.3 is 12.1 Å². The third kappa shape index (κ3) is 5.81. The fourth-order valence-corrected chi connectivity index (χ4v) is 2.23. The maximum Gasteiger partial charge on any atom is 0.422 e. The summed E-state index contributed by atoms with van der Waals surface area (Å²) in [7, 11) is 0. The summed E-state index contributed by atoms with van der Waals surface area (Å²) in [5, 5.41) is 0. The highest BCUT2D eigenvalue weighted by Crippen LogP contribution is 2.18. The zero-order valence-electron chi connectivity index (χ0n) is 16.2. The third-order valence-corrected chi connectivity index (χ3v) is 3.52. The summed E-state index contributed by atoms with van der Waals surface area (Å²) in [6.45, 7) is 8.56. The summed E-state index contributed by atoms with van der Waals surface area (Å²) in [4.78, 5) is 38.5. The molecule has 0 atom stereocenters. The smallest absolute Gasteiger partial charge is 0.422 e. The average molecular weight is 381 g/mol. The molecule has 0 spiro atoms. The lowest BCUT2D eigenvalue weighted by atomic mass is 10.2. The van der Waals surface area contributed by atoms with Gasteiger partial charge < -0.3 is 9.47 Å². The molecule has 0 fully saturated rings. The molecule has 6 nitrogen and oxygen atoms in total. The molecule has 0 aliphatic rings. The van der Waals surface area contributed by atoms with E-state index in [-0.39, 0.29) is 12.2 Å². The lowest BCUT2D eigenvalue weighted by molar-refractivity contribution is -0.141. The molecule has 2 amide bonds. The summed E-state index contributed by atoms with van der Waals surface area (Å²) in [5.41, 5.74) is -0.299. The predicted octanol–water partition coefficient (Wildman–Crippen LogP) is 4.32. The Balaban J connectivity index is 2.21. The van der Waals surface area contributed by atoms with Gasteiger partial charge in [0.1, 0.15) is 17.9 Å². The Labute approximate surface area is 164 Å². The van der Waals surface area contributed by atoms with E-state index in [1.165, 1.54) is 12.1 Å². The molecule has 0 saturated heterocycles. The van der Waals surface area contributed by atoms with Gasteiger partial charge in [-0.15, -0.1) is 0 Å². The van der Waals surface area contributed by atoms with Crippen LogP contribution in [0.15, 0.2) is 72.9 Å². The quantitative estimate of drug-likeness (QED) is 0.570. The number of esters is 1. The summed E-state index contributed by atoms with van der Waals surface area (Å²) in [5.74, 6) is -1.62. The van der Waals surface area contributed by atoms with Crippen molar-refractivity contribution in [2.75, 3.05) is 0 Å². The highest BCUT2D eigenvalue weighted by atomic mass is 16.6. The maximum atomic E-state index is 12.8. The van der Waals surface area contributed by atoms with Crippen molar-refractivity contribution in [3.8, 4) is 0 Å². The summed E-state index contributed by atoms with van der Waals surface area (Å²) in [6.07, 6.45) is -0.997. The Morgan fingerprint density at radius 2 is 1.46 bits per heavy atom. The van der Waals surface area contributed by atoms with Crippen LogP contribution in [0.1, 0.15) is 36.7 Å². The first-order valence-electron chi connectivity index (χ1n) is 8.71. The van der Waals surface area contributed by atoms with Crippen LogP contribution in [0.2, 0.25) is 0 Å². The molecule has 28 heavy (non-hydrogen) atoms. The van der Waals surface area contributed by atoms with E-state index in [0.29, 0.717) is 4.90 Å². The monoisotopic (exact) mass is 381 g/mol. The van der Waals surface area contributed by atoms with Gasteiger partial charge in [-0.3, -0.25) is 4.79 Å². The van der Waals surface area contributed by atoms with Gasteiger partial charge in [0, 0.05) is 5.56 Å². The highest BCUT2D eigenvalue weighted by Gasteiger charge is 2.33. The van der Waals surface area contributed by atoms with E-state index in [1.54, 1.807) is 51.1 Å². The summed E-state index contributed by atoms with van der Waals surface area (Å²) < 4.78 is 10.5. The first-order chi connectivity index (χ1) is 13.2. The fraction of sp³-hybridized carbons (Fsp3) is 0.227. The minimum Gasteiger partial charge on any atom is -0.456 e. The molecule has 0 unspecified atom stereocenters. The molecule has 146 valence electrons. The molecule has 6 heteroatoms. The normalized spacial score (nSPS) is 10.7. The number of amides is 2. The van der Waals surface area contributed by atoms with Gasteiger partial charge in [0.15, 0.2) is 0 Å². The van der Waals surface area contributed by atoms with Gasteiger partial charge in [0.05, 0.1) is 0 Å². The van der Waals surface area contributed by atoms with Crippen molar-refractivity contribution in [3.63, 3.8) is 0 Å². The minimum atomic E-state index is -0.997. The van der Waals surface area contributed by atoms with Crippen LogP contribution < -0.4 is 0 Å². The number of benzene rings is 2. The molecule has 2 aromatic carbocycles. The molecular weight excluding hydrogens is 358 g/mol. The molecule has 0 saturated carbocycles. The molecule has 0 bridgehead atoms. The van der Waals surface area contributed by atoms with Crippen LogP contribution in [0.3, 0.4) is 0 Å². The second kappa shape index (κ2) is 8.99. The number of imide groups is 1. The Morgan fingerprint density at radius 3 is 2.00 bits per heavy atom. The Bertz CT molecular complexity index is 854. The van der Waals surface area contributed by atoms with E-state index >= 15 is 0 Å². The molecule has 0 aliphatic heterocycles. The number of rotatable bonds is 5. The molecular formula is C22H23NO5. The predicted molar refractivity (Wildman–Crippen MR) is 104 cm³/mol. The van der Waals surface area contributed by atoms with E-state index in [0.717, 1.165) is 5.56 Å². The number of nitrogens with zero attached hydrogens (tertiary/aromatic N) is 1. The van der Waals surface area contributed by atoms with Crippen molar-refractivity contribution in [1.82, 2.24) is 4.90 Å². The van der Waals surface area contributed by atoms with Gasteiger partial charge in [-0.2, -0.15) is 0 Å². The fourth-order valence-electron chi connectivity index (χ4n) is 2.23. The van der Waals surface area contributed by atoms with Gasteiger partial charge in [-0.05, 0) is 38.5 Å². The van der Waals surface area contributed by atoms with Gasteiger partial charge in [0.2, 0.25) is 0 Å². The van der Waals surface area contributed by atoms with Crippen LogP contribution >= 0.6 is 0 Å². The first kappa shape index (κ1) is 20.9. The molecule has 0 heterocycles. The molecule has 2 rings (SSSR count). The number of carbonyl (C=O) groups excluding carboxylic acids is 3. The standard InChI is InChI=1S/C22H23NO5/c1-16(20(25)27-15-17-11-7-5-8-12-17)23(21(26)28-22(2,3)4)19(24)18-13-9-6-10-14-18/h5-14H,1,15H2,2-4H3. The first-order valence-corrected chi connectivity index (χ1v) is 8.71. The van der Waals surface area contributed by atoms with Gasteiger partial charge in [-0.25, -0.2) is 14.5 Å². The molecule has 0 aliphatic carbocycles. The highest BCUT2D eigenvalue weighted by molar-refractivity contribution is 6.09. The van der Waals surface area contributed by atoms with Crippen molar-refractivity contribution >= 4 is 18.0 Å². The number of hydrogen-bond acceptors (Lipinski definition) is 5. The Hall–Kier alpha value is -3.41. The minimum absolute atomic E-state index is 0.0135. The van der Waals surface area contributed by atoms with Crippen LogP contribution in [-0.2, 0) is 20.9 Å². The second-order valence-corrected chi connectivity index (χ2v) is 7.00. The number of ether oxygens (including phenoxy) is 2. The van der Waals surface area contributed by atoms with Gasteiger partial charge in [-0.1, -0.05) is 55.1 Å². The van der Waals surface area contributed by atoms with Crippen molar-refractivity contribution in [2.45, 2.75) is 33.0 Å². The largest absolute Gasteiger partial charge is 0.456 e. The SMILES string of the molecule is C=C(C(=O)OCc1ccccc1)N(C(=O)OC(C)(C)C)C(=O)c1ccccc1. The number of hydrogen-bond donors (Lipinski definition) is 0. The zero-order valence-corrected chi connectivity index (χ0v) is 16.2. The summed E-state index contributed by atoms with van der Waals surface area (Å²) >= 11 is 0. The van der Waals surface area contributed by atoms with Gasteiger partial charge in [0.25, 0.3) is 5.91 Å². The topological polar surface area (TPSA) is 72.9 Å². The van der Waals surface area contributed by atoms with Crippen LogP contribution in [-0.4, -0.2) is 28.5 Å². The van der Waals surface area contributed by atoms with Crippen LogP contribution in [0.5, 0.6) is 0 Å². The average Bonchev–Trinajstić information content (AvgIpc) is 2.66. The lowest BCUT2D eigenvalue weighted by Gasteiger charge is -2.26. The maximum absolute atomic E-state index is 12.8. The Kier molecular flexibility index (Phi) is 6.71. The van der Waals surface area contributed by atoms with Crippen molar-refractivity contribution < 1.29 is 23.9 Å². The lowest BCUT2D eigenvalue weighted by Crippen LogP contribution is -2.42. The summed E-state index contributed by atoms with van der Waals surface area (Å²) in [6, 6.07) is 17.1. The van der Waals surface area contributed by atoms with Crippen LogP contribution in [0, 0.1) is 0 Å². The Morgan fingerprint density at radius 1 is 0.929 bits per heavy atom. The van der Waals surface area contributed by atoms with E-state index in [4.69, 9.17) is 9.47 Å². The molecule has 0 radical (unpaired) electrons. The zero-order chi connectivity index (χ0) is 20.7. The number of carbonyl (C=O) groups is 3. The van der Waals surface area contributed by atoms with Crippen molar-refractivity contribution in [3.05, 3.63) is 84.1 Å². The van der Waals surface area contributed by atoms with E-state index in [9.17, 15) is 14.4 Å². The van der Waals surface area contributed by atoms with Crippen molar-refractivity contribution in [1.29, 1.82) is 0 Å². The molecule has 0 aromatic heterocycles. The second-order valence-electron chi connectivity index (χ2n) is 7.00. The molecule has 2 aromatic rings. The van der Waals surface area contributed by atoms with Crippen LogP contribution in [0.4, 0.5) is 4.79 Å². The van der Waals surface area contributed by atoms with Crippen molar-refractivity contribution in [2.24, 2.45) is 0 Å². The van der Waals surface area contributed by atoms with Crippen LogP contribution in [0.25, 0.3) is 0 Å².